The SMILES string of the molecule is CNC(C)Cc1noc(-c2ccccc2OCC(=O)Nc2ccccc2F)n1. The van der Waals surface area contributed by atoms with Gasteiger partial charge in [0.05, 0.1) is 11.3 Å². The average Bonchev–Trinajstić information content (AvgIpc) is 3.16. The van der Waals surface area contributed by atoms with E-state index >= 15 is 0 Å². The molecule has 3 rings (SSSR count). The highest BCUT2D eigenvalue weighted by Gasteiger charge is 2.16. The first-order valence-electron chi connectivity index (χ1n) is 8.83. The van der Waals surface area contributed by atoms with Crippen LogP contribution < -0.4 is 15.4 Å². The van der Waals surface area contributed by atoms with Gasteiger partial charge in [-0.3, -0.25) is 4.79 Å². The fourth-order valence-electron chi connectivity index (χ4n) is 2.48. The van der Waals surface area contributed by atoms with Crippen LogP contribution in [0.2, 0.25) is 0 Å². The molecule has 2 N–H and O–H groups in total. The van der Waals surface area contributed by atoms with Crippen molar-refractivity contribution in [3.05, 3.63) is 60.2 Å². The first-order valence-corrected chi connectivity index (χ1v) is 8.83. The van der Waals surface area contributed by atoms with E-state index in [9.17, 15) is 9.18 Å². The highest BCUT2D eigenvalue weighted by molar-refractivity contribution is 5.92. The minimum Gasteiger partial charge on any atom is -0.483 e. The predicted octanol–water partition coefficient (Wildman–Crippen LogP) is 3.04. The third-order valence-electron chi connectivity index (χ3n) is 4.07. The van der Waals surface area contributed by atoms with E-state index < -0.39 is 11.7 Å². The van der Waals surface area contributed by atoms with E-state index in [0.717, 1.165) is 0 Å². The Hall–Kier alpha value is -3.26. The van der Waals surface area contributed by atoms with Gasteiger partial charge in [-0.2, -0.15) is 4.98 Å². The number of aromatic nitrogens is 2. The number of hydrogen-bond acceptors (Lipinski definition) is 6. The summed E-state index contributed by atoms with van der Waals surface area (Å²) in [6.07, 6.45) is 0.619. The lowest BCUT2D eigenvalue weighted by Crippen LogP contribution is -2.24. The van der Waals surface area contributed by atoms with Crippen molar-refractivity contribution in [3.63, 3.8) is 0 Å². The number of rotatable bonds is 8. The standard InChI is InChI=1S/C20H21FN4O3/c1-13(22-2)11-18-24-20(28-25-18)14-7-3-6-10-17(14)27-12-19(26)23-16-9-5-4-8-15(16)21/h3-10,13,22H,11-12H2,1-2H3,(H,23,26). The maximum absolute atomic E-state index is 13.6. The molecular weight excluding hydrogens is 363 g/mol. The minimum absolute atomic E-state index is 0.101. The molecule has 1 amide bonds. The lowest BCUT2D eigenvalue weighted by atomic mass is 10.2. The number of anilines is 1. The Bertz CT molecular complexity index is 944. The Morgan fingerprint density at radius 1 is 1.21 bits per heavy atom. The number of amides is 1. The molecule has 3 aromatic rings. The zero-order valence-corrected chi connectivity index (χ0v) is 15.6. The monoisotopic (exact) mass is 384 g/mol. The van der Waals surface area contributed by atoms with Crippen LogP contribution >= 0.6 is 0 Å². The third kappa shape index (κ3) is 4.92. The molecule has 1 aromatic heterocycles. The summed E-state index contributed by atoms with van der Waals surface area (Å²) in [5.41, 5.74) is 0.682. The molecule has 1 heterocycles. The summed E-state index contributed by atoms with van der Waals surface area (Å²) in [7, 11) is 1.86. The molecule has 28 heavy (non-hydrogen) atoms. The van der Waals surface area contributed by atoms with Gasteiger partial charge in [0.15, 0.2) is 12.4 Å². The molecule has 0 fully saturated rings. The van der Waals surface area contributed by atoms with Gasteiger partial charge in [0.1, 0.15) is 11.6 Å². The maximum Gasteiger partial charge on any atom is 0.262 e. The molecule has 0 saturated heterocycles. The van der Waals surface area contributed by atoms with Gasteiger partial charge in [-0.25, -0.2) is 4.39 Å². The molecule has 8 heteroatoms. The van der Waals surface area contributed by atoms with Crippen LogP contribution in [0.3, 0.4) is 0 Å². The summed E-state index contributed by atoms with van der Waals surface area (Å²) in [5.74, 6) is 0.315. The Labute approximate surface area is 161 Å². The van der Waals surface area contributed by atoms with Crippen LogP contribution in [0.5, 0.6) is 5.75 Å². The van der Waals surface area contributed by atoms with Gasteiger partial charge in [-0.05, 0) is 38.2 Å². The second kappa shape index (κ2) is 9.09. The topological polar surface area (TPSA) is 89.3 Å². The quantitative estimate of drug-likeness (QED) is 0.621. The van der Waals surface area contributed by atoms with E-state index in [1.165, 1.54) is 12.1 Å². The van der Waals surface area contributed by atoms with Gasteiger partial charge < -0.3 is 19.9 Å². The van der Waals surface area contributed by atoms with Crippen LogP contribution in [-0.2, 0) is 11.2 Å². The van der Waals surface area contributed by atoms with E-state index in [1.54, 1.807) is 30.3 Å². The smallest absolute Gasteiger partial charge is 0.262 e. The molecule has 2 aromatic carbocycles. The molecule has 7 nitrogen and oxygen atoms in total. The summed E-state index contributed by atoms with van der Waals surface area (Å²) < 4.78 is 24.6. The minimum atomic E-state index is -0.509. The number of hydrogen-bond donors (Lipinski definition) is 2. The van der Waals surface area contributed by atoms with Crippen molar-refractivity contribution in [1.29, 1.82) is 0 Å². The van der Waals surface area contributed by atoms with Gasteiger partial charge in [0, 0.05) is 12.5 Å². The third-order valence-corrected chi connectivity index (χ3v) is 4.07. The normalized spacial score (nSPS) is 11.8. The molecule has 146 valence electrons. The summed E-state index contributed by atoms with van der Waals surface area (Å²) >= 11 is 0. The molecule has 1 atom stereocenters. The summed E-state index contributed by atoms with van der Waals surface area (Å²) in [6, 6.07) is 13.2. The number of nitrogens with one attached hydrogen (secondary N) is 2. The lowest BCUT2D eigenvalue weighted by Gasteiger charge is -2.10. The van der Waals surface area contributed by atoms with E-state index in [2.05, 4.69) is 20.8 Å². The van der Waals surface area contributed by atoms with Gasteiger partial charge >= 0.3 is 0 Å². The van der Waals surface area contributed by atoms with Gasteiger partial charge in [0.25, 0.3) is 11.8 Å². The molecule has 0 aliphatic heterocycles. The molecule has 0 radical (unpaired) electrons. The van der Waals surface area contributed by atoms with Crippen LogP contribution in [0.4, 0.5) is 10.1 Å². The van der Waals surface area contributed by atoms with Crippen molar-refractivity contribution >= 4 is 11.6 Å². The van der Waals surface area contributed by atoms with Gasteiger partial charge in [-0.15, -0.1) is 0 Å². The second-order valence-corrected chi connectivity index (χ2v) is 6.22. The molecular formula is C20H21FN4O3. The van der Waals surface area contributed by atoms with Gasteiger partial charge in [0.2, 0.25) is 0 Å². The first-order chi connectivity index (χ1) is 13.6. The molecule has 1 unspecified atom stereocenters. The van der Waals surface area contributed by atoms with Gasteiger partial charge in [-0.1, -0.05) is 29.4 Å². The number of ether oxygens (including phenoxy) is 1. The Kier molecular flexibility index (Phi) is 6.33. The number of likely N-dealkylation sites (N-methyl/N-ethyl adjacent to an activating group) is 1. The number of halogens is 1. The number of carbonyl (C=O) groups excluding carboxylic acids is 1. The van der Waals surface area contributed by atoms with E-state index in [4.69, 9.17) is 9.26 Å². The van der Waals surface area contributed by atoms with Crippen molar-refractivity contribution in [2.45, 2.75) is 19.4 Å². The van der Waals surface area contributed by atoms with Crippen molar-refractivity contribution in [2.24, 2.45) is 0 Å². The Morgan fingerprint density at radius 3 is 2.75 bits per heavy atom. The van der Waals surface area contributed by atoms with Crippen LogP contribution in [-0.4, -0.2) is 35.7 Å². The van der Waals surface area contributed by atoms with Crippen molar-refractivity contribution in [1.82, 2.24) is 15.5 Å². The molecule has 0 saturated carbocycles. The first kappa shape index (κ1) is 19.5. The lowest BCUT2D eigenvalue weighted by molar-refractivity contribution is -0.118. The van der Waals surface area contributed by atoms with E-state index in [1.807, 2.05) is 20.0 Å². The summed E-state index contributed by atoms with van der Waals surface area (Å²) in [4.78, 5) is 16.5. The molecule has 0 spiro atoms. The summed E-state index contributed by atoms with van der Waals surface area (Å²) in [6.45, 7) is 1.73. The maximum atomic E-state index is 13.6. The molecule has 0 aliphatic carbocycles. The van der Waals surface area contributed by atoms with Crippen LogP contribution in [0, 0.1) is 5.82 Å². The van der Waals surface area contributed by atoms with Crippen molar-refractivity contribution in [2.75, 3.05) is 19.0 Å². The fourth-order valence-corrected chi connectivity index (χ4v) is 2.48. The van der Waals surface area contributed by atoms with Crippen molar-refractivity contribution in [3.8, 4) is 17.2 Å². The molecule has 0 aliphatic rings. The molecule has 0 bridgehead atoms. The largest absolute Gasteiger partial charge is 0.483 e. The Morgan fingerprint density at radius 2 is 1.96 bits per heavy atom. The number of para-hydroxylation sites is 2. The number of benzene rings is 2. The highest BCUT2D eigenvalue weighted by atomic mass is 19.1. The predicted molar refractivity (Wildman–Crippen MR) is 102 cm³/mol. The fraction of sp³-hybridized carbons (Fsp3) is 0.250. The highest BCUT2D eigenvalue weighted by Crippen LogP contribution is 2.28. The van der Waals surface area contributed by atoms with Crippen molar-refractivity contribution < 1.29 is 18.4 Å². The van der Waals surface area contributed by atoms with Crippen LogP contribution in [0.1, 0.15) is 12.7 Å². The second-order valence-electron chi connectivity index (χ2n) is 6.22. The summed E-state index contributed by atoms with van der Waals surface area (Å²) in [5, 5.41) is 9.57. The zero-order chi connectivity index (χ0) is 19.9. The van der Waals surface area contributed by atoms with Crippen LogP contribution in [0.15, 0.2) is 53.1 Å². The average molecular weight is 384 g/mol. The van der Waals surface area contributed by atoms with E-state index in [-0.39, 0.29) is 18.3 Å². The zero-order valence-electron chi connectivity index (χ0n) is 15.6. The number of nitrogens with zero attached hydrogens (tertiary/aromatic N) is 2. The Balaban J connectivity index is 1.67. The number of carbonyl (C=O) groups is 1. The van der Waals surface area contributed by atoms with Crippen LogP contribution in [0.25, 0.3) is 11.5 Å². The van der Waals surface area contributed by atoms with E-state index in [0.29, 0.717) is 29.4 Å².